The van der Waals surface area contributed by atoms with Crippen molar-refractivity contribution >= 4 is 0 Å². The number of benzene rings is 3. The molecule has 0 N–H and O–H groups in total. The molecule has 3 aromatic rings. The van der Waals surface area contributed by atoms with Crippen molar-refractivity contribution in [2.75, 3.05) is 0 Å². The highest BCUT2D eigenvalue weighted by molar-refractivity contribution is 5.49. The van der Waals surface area contributed by atoms with E-state index in [4.69, 9.17) is 0 Å². The van der Waals surface area contributed by atoms with Crippen molar-refractivity contribution in [1.29, 1.82) is 0 Å². The Kier molecular flexibility index (Phi) is 6.44. The average Bonchev–Trinajstić information content (AvgIpc) is 3.99. The molecule has 0 bridgehead atoms. The predicted octanol–water partition coefficient (Wildman–Crippen LogP) is 9.59. The summed E-state index contributed by atoms with van der Waals surface area (Å²) in [6.45, 7) is 0. The second-order valence-corrected chi connectivity index (χ2v) is 21.1. The first-order valence-corrected chi connectivity index (χ1v) is 23.9. The van der Waals surface area contributed by atoms with Gasteiger partial charge in [0, 0.05) is 23.9 Å². The molecule has 14 atom stereocenters. The lowest BCUT2D eigenvalue weighted by Gasteiger charge is -2.61. The van der Waals surface area contributed by atoms with Gasteiger partial charge >= 0.3 is 0 Å². The normalized spacial score (nSPS) is 44.9. The Balaban J connectivity index is 0.996. The van der Waals surface area contributed by atoms with E-state index in [0.717, 1.165) is 11.8 Å². The molecule has 5 heteroatoms. The number of fused-ring (bicyclic) bond motifs is 11. The van der Waals surface area contributed by atoms with Gasteiger partial charge in [-0.25, -0.2) is 0 Å². The standard InChI is InChI=1S/C52H59N5/c1-4-14-30(15-5-1)33-24-36-37-25-34(31-16-6-2-7-17-31)27-43-47(37)50-52-54(43)39-21-11-13-23-41(39)56(52)45-29-35(32-18-8-3-9-19-32)28-44-48(45)57(50)49-46(36)42(26-33)53-38-20-10-12-22-40(38)55(44)51(49)53/h1-9,14-19,33-48H,10-13,20-29H2. The summed E-state index contributed by atoms with van der Waals surface area (Å²) in [4.78, 5) is 16.2. The van der Waals surface area contributed by atoms with Crippen LogP contribution in [0.1, 0.15) is 124 Å². The highest BCUT2D eigenvalue weighted by Gasteiger charge is 2.74. The molecular formula is C52H59N5. The molecule has 12 aliphatic rings. The molecule has 7 aliphatic heterocycles. The minimum atomic E-state index is 0.586. The summed E-state index contributed by atoms with van der Waals surface area (Å²) in [6.07, 6.45) is 19.3. The second-order valence-electron chi connectivity index (χ2n) is 21.1. The van der Waals surface area contributed by atoms with Crippen LogP contribution in [0.2, 0.25) is 0 Å². The monoisotopic (exact) mass is 753 g/mol. The molecule has 5 saturated carbocycles. The number of hydrogen-bond acceptors (Lipinski definition) is 5. The molecule has 7 heterocycles. The first-order valence-electron chi connectivity index (χ1n) is 23.9. The molecule has 14 unspecified atom stereocenters. The lowest BCUT2D eigenvalue weighted by atomic mass is 9.57. The van der Waals surface area contributed by atoms with Crippen LogP contribution in [-0.4, -0.2) is 78.9 Å². The lowest BCUT2D eigenvalue weighted by Crippen LogP contribution is -2.70. The average molecular weight is 754 g/mol. The molecule has 3 aromatic carbocycles. The van der Waals surface area contributed by atoms with E-state index >= 15 is 0 Å². The van der Waals surface area contributed by atoms with E-state index in [9.17, 15) is 0 Å². The summed E-state index contributed by atoms with van der Waals surface area (Å²) in [5, 5.41) is 0. The maximum Gasteiger partial charge on any atom is 0.126 e. The number of rotatable bonds is 3. The molecule has 5 nitrogen and oxygen atoms in total. The topological polar surface area (TPSA) is 16.2 Å². The first kappa shape index (κ1) is 32.0. The van der Waals surface area contributed by atoms with Crippen LogP contribution in [-0.2, 0) is 0 Å². The van der Waals surface area contributed by atoms with Crippen molar-refractivity contribution in [3.8, 4) is 0 Å². The van der Waals surface area contributed by atoms with Gasteiger partial charge < -0.3 is 24.5 Å². The summed E-state index contributed by atoms with van der Waals surface area (Å²) < 4.78 is 0. The predicted molar refractivity (Wildman–Crippen MR) is 223 cm³/mol. The van der Waals surface area contributed by atoms with Crippen LogP contribution in [0, 0.1) is 23.7 Å². The van der Waals surface area contributed by atoms with Crippen molar-refractivity contribution in [3.63, 3.8) is 0 Å². The first-order chi connectivity index (χ1) is 28.3. The Morgan fingerprint density at radius 2 is 0.684 bits per heavy atom. The van der Waals surface area contributed by atoms with Crippen molar-refractivity contribution in [1.82, 2.24) is 24.5 Å². The van der Waals surface area contributed by atoms with Crippen LogP contribution in [0.15, 0.2) is 114 Å². The van der Waals surface area contributed by atoms with Crippen LogP contribution < -0.4 is 0 Å². The van der Waals surface area contributed by atoms with Gasteiger partial charge in [-0.15, -0.1) is 0 Å². The number of nitrogens with zero attached hydrogens (tertiary/aromatic N) is 5. The third-order valence-corrected chi connectivity index (χ3v) is 19.3. The Bertz CT molecular complexity index is 2050. The van der Waals surface area contributed by atoms with Gasteiger partial charge in [-0.1, -0.05) is 117 Å². The van der Waals surface area contributed by atoms with Gasteiger partial charge in [0.05, 0.1) is 53.7 Å². The van der Waals surface area contributed by atoms with Crippen LogP contribution >= 0.6 is 0 Å². The van der Waals surface area contributed by atoms with Crippen LogP contribution in [0.3, 0.4) is 0 Å². The fourth-order valence-corrected chi connectivity index (χ4v) is 17.7. The highest BCUT2D eigenvalue weighted by atomic mass is 15.6. The third kappa shape index (κ3) is 3.95. The maximum absolute atomic E-state index is 3.30. The molecule has 0 aromatic heterocycles. The van der Waals surface area contributed by atoms with Gasteiger partial charge in [0.1, 0.15) is 11.6 Å². The van der Waals surface area contributed by atoms with E-state index in [-0.39, 0.29) is 0 Å². The van der Waals surface area contributed by atoms with Gasteiger partial charge in [-0.05, 0) is 110 Å². The molecule has 3 saturated heterocycles. The smallest absolute Gasteiger partial charge is 0.126 e. The van der Waals surface area contributed by atoms with Crippen molar-refractivity contribution < 1.29 is 0 Å². The van der Waals surface area contributed by atoms with E-state index in [1.165, 1.54) is 89.9 Å². The molecule has 0 spiro atoms. The number of hydrogen-bond donors (Lipinski definition) is 0. The zero-order valence-electron chi connectivity index (χ0n) is 33.5. The summed E-state index contributed by atoms with van der Waals surface area (Å²) in [7, 11) is 0. The van der Waals surface area contributed by atoms with Crippen LogP contribution in [0.25, 0.3) is 0 Å². The Hall–Kier alpha value is -3.86. The van der Waals surface area contributed by atoms with Gasteiger partial charge in [-0.3, -0.25) is 0 Å². The van der Waals surface area contributed by atoms with E-state index in [0.29, 0.717) is 84.0 Å². The van der Waals surface area contributed by atoms with Gasteiger partial charge in [0.2, 0.25) is 0 Å². The van der Waals surface area contributed by atoms with Crippen molar-refractivity contribution in [3.05, 3.63) is 131 Å². The Labute approximate surface area is 339 Å². The van der Waals surface area contributed by atoms with Crippen LogP contribution in [0.4, 0.5) is 0 Å². The maximum atomic E-state index is 3.30. The molecule has 5 aliphatic carbocycles. The zero-order chi connectivity index (χ0) is 36.7. The van der Waals surface area contributed by atoms with E-state index in [2.05, 4.69) is 115 Å². The second kappa shape index (κ2) is 11.4. The van der Waals surface area contributed by atoms with Crippen molar-refractivity contribution in [2.45, 2.75) is 162 Å². The fraction of sp³-hybridized carbons (Fsp3) is 0.577. The summed E-state index contributed by atoms with van der Waals surface area (Å²) in [6, 6.07) is 41.6. The fourth-order valence-electron chi connectivity index (χ4n) is 17.7. The Morgan fingerprint density at radius 3 is 1.07 bits per heavy atom. The van der Waals surface area contributed by atoms with Gasteiger partial charge in [0.15, 0.2) is 0 Å². The third-order valence-electron chi connectivity index (χ3n) is 19.3. The van der Waals surface area contributed by atoms with Gasteiger partial charge in [-0.2, -0.15) is 0 Å². The minimum Gasteiger partial charge on any atom is -0.348 e. The van der Waals surface area contributed by atoms with Crippen LogP contribution in [0.5, 0.6) is 0 Å². The molecule has 8 fully saturated rings. The van der Waals surface area contributed by atoms with Crippen molar-refractivity contribution in [2.24, 2.45) is 23.7 Å². The molecule has 292 valence electrons. The Morgan fingerprint density at radius 1 is 0.351 bits per heavy atom. The van der Waals surface area contributed by atoms with Gasteiger partial charge in [0.25, 0.3) is 0 Å². The van der Waals surface area contributed by atoms with E-state index < -0.39 is 0 Å². The minimum absolute atomic E-state index is 0.586. The largest absolute Gasteiger partial charge is 0.348 e. The molecule has 15 rings (SSSR count). The zero-order valence-corrected chi connectivity index (χ0v) is 33.5. The molecule has 0 amide bonds. The van der Waals surface area contributed by atoms with E-state index in [1.54, 1.807) is 28.3 Å². The molecular weight excluding hydrogens is 695 g/mol. The summed E-state index contributed by atoms with van der Waals surface area (Å²) >= 11 is 0. The van der Waals surface area contributed by atoms with E-state index in [1.807, 2.05) is 11.4 Å². The highest BCUT2D eigenvalue weighted by Crippen LogP contribution is 2.71. The summed E-state index contributed by atoms with van der Waals surface area (Å²) in [5.41, 5.74) is 8.60. The lowest BCUT2D eigenvalue weighted by molar-refractivity contribution is -0.0345. The molecule has 57 heavy (non-hydrogen) atoms. The molecule has 0 radical (unpaired) electrons. The quantitative estimate of drug-likeness (QED) is 0.264. The SMILES string of the molecule is c1ccc(C2CC3C4CC(c5ccccc5)CC5C4C4=C6N5C5CCCCC5N6C5CC(c6ccccc6)CC6C5N4C4=C5N(C(C2)C43)C2CCCCC2N56)cc1. The summed E-state index contributed by atoms with van der Waals surface area (Å²) in [5.74, 6) is 8.28.